The van der Waals surface area contributed by atoms with Crippen LogP contribution < -0.4 is 15.1 Å². The molecular formula is C21H30N6OS. The van der Waals surface area contributed by atoms with Gasteiger partial charge in [-0.15, -0.1) is 11.3 Å². The number of carbonyl (C=O) groups excluding carboxylic acids is 1. The van der Waals surface area contributed by atoms with Crippen molar-refractivity contribution in [1.29, 1.82) is 0 Å². The third kappa shape index (κ3) is 4.08. The number of hydrogen-bond donors (Lipinski definition) is 1. The Morgan fingerprint density at radius 2 is 2.03 bits per heavy atom. The highest BCUT2D eigenvalue weighted by atomic mass is 32.1. The highest BCUT2D eigenvalue weighted by Crippen LogP contribution is 2.40. The van der Waals surface area contributed by atoms with Crippen molar-refractivity contribution in [2.45, 2.75) is 58.9 Å². The van der Waals surface area contributed by atoms with Crippen molar-refractivity contribution in [3.8, 4) is 0 Å². The molecule has 1 aliphatic carbocycles. The molecule has 3 heterocycles. The summed E-state index contributed by atoms with van der Waals surface area (Å²) in [6.45, 7) is 7.49. The van der Waals surface area contributed by atoms with Crippen LogP contribution in [0.5, 0.6) is 0 Å². The molecule has 0 spiro atoms. The molecule has 156 valence electrons. The normalized spacial score (nSPS) is 19.4. The number of thiazole rings is 1. The van der Waals surface area contributed by atoms with Crippen LogP contribution in [0.25, 0.3) is 0 Å². The summed E-state index contributed by atoms with van der Waals surface area (Å²) in [5, 5.41) is 6.53. The van der Waals surface area contributed by atoms with Gasteiger partial charge in [-0.3, -0.25) is 4.79 Å². The van der Waals surface area contributed by atoms with Crippen LogP contribution in [-0.2, 0) is 11.2 Å². The molecule has 8 heteroatoms. The van der Waals surface area contributed by atoms with Gasteiger partial charge in [0.15, 0.2) is 5.82 Å². The summed E-state index contributed by atoms with van der Waals surface area (Å²) in [4.78, 5) is 31.0. The van der Waals surface area contributed by atoms with Crippen LogP contribution in [0, 0.1) is 12.3 Å². The molecule has 29 heavy (non-hydrogen) atoms. The van der Waals surface area contributed by atoms with E-state index in [9.17, 15) is 4.79 Å². The van der Waals surface area contributed by atoms with Crippen molar-refractivity contribution in [3.63, 3.8) is 0 Å². The van der Waals surface area contributed by atoms with E-state index in [4.69, 9.17) is 4.98 Å². The number of carbonyl (C=O) groups is 1. The molecule has 0 radical (unpaired) electrons. The number of nitrogens with zero attached hydrogens (tertiary/aromatic N) is 5. The van der Waals surface area contributed by atoms with E-state index in [0.717, 1.165) is 48.0 Å². The molecule has 4 rings (SSSR count). The Kier molecular flexibility index (Phi) is 5.46. The topological polar surface area (TPSA) is 74.2 Å². The quantitative estimate of drug-likeness (QED) is 0.805. The Balaban J connectivity index is 1.59. The predicted octanol–water partition coefficient (Wildman–Crippen LogP) is 3.65. The summed E-state index contributed by atoms with van der Waals surface area (Å²) in [6, 6.07) is 0.438. The maximum Gasteiger partial charge on any atom is 0.234 e. The van der Waals surface area contributed by atoms with Crippen LogP contribution >= 0.6 is 11.3 Å². The van der Waals surface area contributed by atoms with Gasteiger partial charge in [-0.2, -0.15) is 4.98 Å². The molecule has 0 atom stereocenters. The SMILES string of the molecule is Cc1nc(CCNc2ncc3c(n2)N(C2CCCC2)CC(C)(C)C(=O)N3C)cs1. The third-order valence-electron chi connectivity index (χ3n) is 5.93. The number of amides is 1. The highest BCUT2D eigenvalue weighted by Gasteiger charge is 2.41. The average Bonchev–Trinajstić information content (AvgIpc) is 3.35. The zero-order chi connectivity index (χ0) is 20.6. The van der Waals surface area contributed by atoms with E-state index in [0.29, 0.717) is 18.5 Å². The number of aryl methyl sites for hydroxylation is 1. The fourth-order valence-corrected chi connectivity index (χ4v) is 5.02. The van der Waals surface area contributed by atoms with Gasteiger partial charge in [0.25, 0.3) is 0 Å². The molecular weight excluding hydrogens is 384 g/mol. The first kappa shape index (κ1) is 20.1. The summed E-state index contributed by atoms with van der Waals surface area (Å²) >= 11 is 1.67. The van der Waals surface area contributed by atoms with Gasteiger partial charge in [-0.1, -0.05) is 12.8 Å². The lowest BCUT2D eigenvalue weighted by atomic mass is 9.91. The second kappa shape index (κ2) is 7.89. The van der Waals surface area contributed by atoms with E-state index in [1.165, 1.54) is 12.8 Å². The van der Waals surface area contributed by atoms with Crippen molar-refractivity contribution >= 4 is 34.7 Å². The van der Waals surface area contributed by atoms with Gasteiger partial charge >= 0.3 is 0 Å². The first-order valence-electron chi connectivity index (χ1n) is 10.4. The molecule has 1 saturated carbocycles. The Morgan fingerprint density at radius 3 is 2.72 bits per heavy atom. The molecule has 1 aliphatic heterocycles. The monoisotopic (exact) mass is 414 g/mol. The van der Waals surface area contributed by atoms with Crippen molar-refractivity contribution in [3.05, 3.63) is 22.3 Å². The average molecular weight is 415 g/mol. The minimum Gasteiger partial charge on any atom is -0.354 e. The Labute approximate surface area is 176 Å². The lowest BCUT2D eigenvalue weighted by Gasteiger charge is -2.34. The zero-order valence-electron chi connectivity index (χ0n) is 17.7. The summed E-state index contributed by atoms with van der Waals surface area (Å²) in [5.41, 5.74) is 1.43. The Morgan fingerprint density at radius 1 is 1.28 bits per heavy atom. The standard InChI is InChI=1S/C21H30N6OS/c1-14-24-15(12-29-14)9-10-22-20-23-11-17-18(25-20)27(16-7-5-6-8-16)13-21(2,3)19(28)26(17)4/h11-12,16H,5-10,13H2,1-4H3,(H,22,23,25). The molecule has 1 N–H and O–H groups in total. The molecule has 0 saturated heterocycles. The van der Waals surface area contributed by atoms with Crippen molar-refractivity contribution < 1.29 is 4.79 Å². The van der Waals surface area contributed by atoms with Gasteiger partial charge in [-0.05, 0) is 33.6 Å². The molecule has 2 aromatic rings. The molecule has 1 fully saturated rings. The summed E-state index contributed by atoms with van der Waals surface area (Å²) in [5.74, 6) is 1.60. The third-order valence-corrected chi connectivity index (χ3v) is 6.75. The van der Waals surface area contributed by atoms with Crippen LogP contribution in [0.15, 0.2) is 11.6 Å². The van der Waals surface area contributed by atoms with Gasteiger partial charge in [-0.25, -0.2) is 9.97 Å². The summed E-state index contributed by atoms with van der Waals surface area (Å²) < 4.78 is 0. The number of aromatic nitrogens is 3. The van der Waals surface area contributed by atoms with Crippen LogP contribution in [-0.4, -0.2) is 47.0 Å². The molecule has 1 amide bonds. The smallest absolute Gasteiger partial charge is 0.234 e. The van der Waals surface area contributed by atoms with Crippen LogP contribution in [0.1, 0.15) is 50.2 Å². The number of rotatable bonds is 5. The molecule has 2 aliphatic rings. The lowest BCUT2D eigenvalue weighted by Crippen LogP contribution is -2.45. The Bertz CT molecular complexity index is 889. The number of nitrogens with one attached hydrogen (secondary N) is 1. The number of hydrogen-bond acceptors (Lipinski definition) is 7. The predicted molar refractivity (Wildman–Crippen MR) is 118 cm³/mol. The van der Waals surface area contributed by atoms with Gasteiger partial charge in [0.05, 0.1) is 22.3 Å². The molecule has 7 nitrogen and oxygen atoms in total. The van der Waals surface area contributed by atoms with Crippen LogP contribution in [0.4, 0.5) is 17.5 Å². The minimum atomic E-state index is -0.464. The van der Waals surface area contributed by atoms with E-state index in [1.54, 1.807) is 22.4 Å². The van der Waals surface area contributed by atoms with Crippen molar-refractivity contribution in [2.75, 3.05) is 35.3 Å². The van der Waals surface area contributed by atoms with Gasteiger partial charge in [0.2, 0.25) is 11.9 Å². The minimum absolute atomic E-state index is 0.113. The maximum atomic E-state index is 13.0. The highest BCUT2D eigenvalue weighted by molar-refractivity contribution is 7.09. The first-order chi connectivity index (χ1) is 13.8. The van der Waals surface area contributed by atoms with Crippen molar-refractivity contribution in [1.82, 2.24) is 15.0 Å². The van der Waals surface area contributed by atoms with Gasteiger partial charge in [0.1, 0.15) is 5.69 Å². The van der Waals surface area contributed by atoms with E-state index in [2.05, 4.69) is 25.6 Å². The summed E-state index contributed by atoms with van der Waals surface area (Å²) in [6.07, 6.45) is 7.42. The second-order valence-electron chi connectivity index (χ2n) is 8.75. The molecule has 0 bridgehead atoms. The van der Waals surface area contributed by atoms with Crippen LogP contribution in [0.2, 0.25) is 0 Å². The number of fused-ring (bicyclic) bond motifs is 1. The largest absolute Gasteiger partial charge is 0.354 e. The molecule has 2 aromatic heterocycles. The molecule has 0 aromatic carbocycles. The van der Waals surface area contributed by atoms with E-state index in [1.807, 2.05) is 27.8 Å². The van der Waals surface area contributed by atoms with Gasteiger partial charge in [0, 0.05) is 38.0 Å². The van der Waals surface area contributed by atoms with Crippen molar-refractivity contribution in [2.24, 2.45) is 5.41 Å². The number of anilines is 3. The van der Waals surface area contributed by atoms with E-state index >= 15 is 0 Å². The van der Waals surface area contributed by atoms with Crippen LogP contribution in [0.3, 0.4) is 0 Å². The zero-order valence-corrected chi connectivity index (χ0v) is 18.6. The van der Waals surface area contributed by atoms with E-state index < -0.39 is 5.41 Å². The second-order valence-corrected chi connectivity index (χ2v) is 9.81. The lowest BCUT2D eigenvalue weighted by molar-refractivity contribution is -0.125. The first-order valence-corrected chi connectivity index (χ1v) is 11.3. The Hall–Kier alpha value is -2.22. The molecule has 0 unspecified atom stereocenters. The fraction of sp³-hybridized carbons (Fsp3) is 0.619. The summed E-state index contributed by atoms with van der Waals surface area (Å²) in [7, 11) is 1.84. The van der Waals surface area contributed by atoms with Gasteiger partial charge < -0.3 is 15.1 Å². The maximum absolute atomic E-state index is 13.0. The van der Waals surface area contributed by atoms with E-state index in [-0.39, 0.29) is 5.91 Å². The fourth-order valence-electron chi connectivity index (χ4n) is 4.37.